The second kappa shape index (κ2) is 7.39. The first-order valence-corrected chi connectivity index (χ1v) is 7.71. The summed E-state index contributed by atoms with van der Waals surface area (Å²) in [5, 5.41) is 0. The Morgan fingerprint density at radius 2 is 2.00 bits per heavy atom. The molecule has 0 bridgehead atoms. The number of hydrogen-bond acceptors (Lipinski definition) is 6. The number of esters is 1. The van der Waals surface area contributed by atoms with Crippen molar-refractivity contribution in [2.75, 3.05) is 40.2 Å². The summed E-state index contributed by atoms with van der Waals surface area (Å²) in [5.41, 5.74) is 5.97. The van der Waals surface area contributed by atoms with Crippen molar-refractivity contribution in [2.24, 2.45) is 0 Å². The number of anilines is 1. The van der Waals surface area contributed by atoms with Crippen LogP contribution in [0.4, 0.5) is 5.69 Å². The molecular formula is C13H20N2O5S. The molecule has 2 N–H and O–H groups in total. The fourth-order valence-electron chi connectivity index (χ4n) is 1.75. The Hall–Kier alpha value is -1.64. The summed E-state index contributed by atoms with van der Waals surface area (Å²) in [6, 6.07) is 3.98. The van der Waals surface area contributed by atoms with E-state index in [-0.39, 0.29) is 16.1 Å². The number of carbonyl (C=O) groups excluding carboxylic acids is 1. The first-order valence-electron chi connectivity index (χ1n) is 6.27. The molecule has 21 heavy (non-hydrogen) atoms. The Kier molecular flexibility index (Phi) is 6.13. The highest BCUT2D eigenvalue weighted by Gasteiger charge is 2.23. The molecule has 7 nitrogen and oxygen atoms in total. The molecule has 0 saturated heterocycles. The maximum Gasteiger partial charge on any atom is 0.337 e. The second-order valence-corrected chi connectivity index (χ2v) is 6.43. The number of methoxy groups -OCH3 is 2. The van der Waals surface area contributed by atoms with Crippen LogP contribution in [0.1, 0.15) is 16.8 Å². The van der Waals surface area contributed by atoms with Gasteiger partial charge in [0.15, 0.2) is 0 Å². The van der Waals surface area contributed by atoms with Crippen molar-refractivity contribution in [3.63, 3.8) is 0 Å². The molecule has 118 valence electrons. The normalized spacial score (nSPS) is 11.6. The summed E-state index contributed by atoms with van der Waals surface area (Å²) < 4.78 is 35.4. The first-order chi connectivity index (χ1) is 9.84. The van der Waals surface area contributed by atoms with Crippen LogP contribution >= 0.6 is 0 Å². The standard InChI is InChI=1S/C13H20N2O5S/c1-15(7-4-8-19-2)21(17,18)12-6-5-10(9-11(12)14)13(16)20-3/h5-6,9H,4,7-8,14H2,1-3H3. The highest BCUT2D eigenvalue weighted by Crippen LogP contribution is 2.23. The lowest BCUT2D eigenvalue weighted by Gasteiger charge is -2.18. The van der Waals surface area contributed by atoms with E-state index in [1.807, 2.05) is 0 Å². The van der Waals surface area contributed by atoms with Gasteiger partial charge in [-0.15, -0.1) is 0 Å². The monoisotopic (exact) mass is 316 g/mol. The molecule has 1 aromatic carbocycles. The number of nitrogen functional groups attached to an aromatic ring is 1. The number of sulfonamides is 1. The molecular weight excluding hydrogens is 296 g/mol. The third-order valence-corrected chi connectivity index (χ3v) is 4.87. The van der Waals surface area contributed by atoms with Crippen molar-refractivity contribution in [3.05, 3.63) is 23.8 Å². The number of benzene rings is 1. The summed E-state index contributed by atoms with van der Waals surface area (Å²) in [6.45, 7) is 0.783. The lowest BCUT2D eigenvalue weighted by Crippen LogP contribution is -2.29. The lowest BCUT2D eigenvalue weighted by atomic mass is 10.2. The number of nitrogens with zero attached hydrogens (tertiary/aromatic N) is 1. The van der Waals surface area contributed by atoms with Crippen LogP contribution in [0.2, 0.25) is 0 Å². The largest absolute Gasteiger partial charge is 0.465 e. The molecule has 0 saturated carbocycles. The van der Waals surface area contributed by atoms with Gasteiger partial charge in [-0.1, -0.05) is 0 Å². The summed E-state index contributed by atoms with van der Waals surface area (Å²) in [5.74, 6) is -0.570. The lowest BCUT2D eigenvalue weighted by molar-refractivity contribution is 0.0600. The summed E-state index contributed by atoms with van der Waals surface area (Å²) in [7, 11) is 0.569. The molecule has 0 aliphatic carbocycles. The van der Waals surface area contributed by atoms with Gasteiger partial charge in [0.25, 0.3) is 0 Å². The van der Waals surface area contributed by atoms with Crippen LogP contribution in [0.25, 0.3) is 0 Å². The third-order valence-electron chi connectivity index (χ3n) is 2.94. The number of ether oxygens (including phenoxy) is 2. The third kappa shape index (κ3) is 4.16. The van der Waals surface area contributed by atoms with Crippen molar-refractivity contribution in [3.8, 4) is 0 Å². The molecule has 0 radical (unpaired) electrons. The van der Waals surface area contributed by atoms with E-state index in [1.165, 1.54) is 36.7 Å². The Balaban J connectivity index is 3.01. The van der Waals surface area contributed by atoms with Crippen molar-refractivity contribution < 1.29 is 22.7 Å². The Bertz CT molecular complexity index is 601. The van der Waals surface area contributed by atoms with Crippen LogP contribution < -0.4 is 5.73 Å². The van der Waals surface area contributed by atoms with Crippen LogP contribution in [0.15, 0.2) is 23.1 Å². The number of carbonyl (C=O) groups is 1. The van der Waals surface area contributed by atoms with Crippen molar-refractivity contribution in [1.29, 1.82) is 0 Å². The van der Waals surface area contributed by atoms with E-state index in [9.17, 15) is 13.2 Å². The van der Waals surface area contributed by atoms with Crippen molar-refractivity contribution in [1.82, 2.24) is 4.31 Å². The van der Waals surface area contributed by atoms with Gasteiger partial charge in [0.05, 0.1) is 18.4 Å². The molecule has 0 aromatic heterocycles. The molecule has 0 fully saturated rings. The zero-order chi connectivity index (χ0) is 16.0. The fourth-order valence-corrected chi connectivity index (χ4v) is 3.05. The van der Waals surface area contributed by atoms with Gasteiger partial charge in [-0.3, -0.25) is 0 Å². The van der Waals surface area contributed by atoms with Crippen LogP contribution in [0.5, 0.6) is 0 Å². The van der Waals surface area contributed by atoms with Gasteiger partial charge < -0.3 is 15.2 Å². The molecule has 0 aliphatic heterocycles. The van der Waals surface area contributed by atoms with Crippen LogP contribution in [0.3, 0.4) is 0 Å². The predicted octanol–water partition coefficient (Wildman–Crippen LogP) is 0.712. The number of rotatable bonds is 7. The average molecular weight is 316 g/mol. The molecule has 0 unspecified atom stereocenters. The SMILES string of the molecule is COCCCN(C)S(=O)(=O)c1ccc(C(=O)OC)cc1N. The van der Waals surface area contributed by atoms with Gasteiger partial charge in [-0.05, 0) is 24.6 Å². The van der Waals surface area contributed by atoms with Gasteiger partial charge >= 0.3 is 5.97 Å². The maximum atomic E-state index is 12.4. The molecule has 0 spiro atoms. The van der Waals surface area contributed by atoms with E-state index in [4.69, 9.17) is 10.5 Å². The van der Waals surface area contributed by atoms with E-state index in [0.717, 1.165) is 0 Å². The number of nitrogens with two attached hydrogens (primary N) is 1. The first kappa shape index (κ1) is 17.4. The van der Waals surface area contributed by atoms with E-state index < -0.39 is 16.0 Å². The van der Waals surface area contributed by atoms with Gasteiger partial charge in [0.2, 0.25) is 10.0 Å². The minimum atomic E-state index is -3.70. The molecule has 0 atom stereocenters. The Morgan fingerprint density at radius 1 is 1.33 bits per heavy atom. The molecule has 0 amide bonds. The average Bonchev–Trinajstić information content (AvgIpc) is 2.46. The quantitative estimate of drug-likeness (QED) is 0.452. The topological polar surface area (TPSA) is 98.9 Å². The molecule has 1 aromatic rings. The number of hydrogen-bond donors (Lipinski definition) is 1. The zero-order valence-corrected chi connectivity index (χ0v) is 13.1. The van der Waals surface area contributed by atoms with Crippen molar-refractivity contribution >= 4 is 21.7 Å². The minimum Gasteiger partial charge on any atom is -0.465 e. The summed E-state index contributed by atoms with van der Waals surface area (Å²) >= 11 is 0. The molecule has 0 aliphatic rings. The molecule has 8 heteroatoms. The summed E-state index contributed by atoms with van der Waals surface area (Å²) in [6.07, 6.45) is 0.576. The highest BCUT2D eigenvalue weighted by molar-refractivity contribution is 7.89. The fraction of sp³-hybridized carbons (Fsp3) is 0.462. The van der Waals surface area contributed by atoms with Gasteiger partial charge in [0, 0.05) is 27.3 Å². The van der Waals surface area contributed by atoms with Gasteiger partial charge in [-0.2, -0.15) is 0 Å². The smallest absolute Gasteiger partial charge is 0.337 e. The van der Waals surface area contributed by atoms with E-state index in [2.05, 4.69) is 4.74 Å². The highest BCUT2D eigenvalue weighted by atomic mass is 32.2. The van der Waals surface area contributed by atoms with Crippen LogP contribution in [0, 0.1) is 0 Å². The van der Waals surface area contributed by atoms with Crippen LogP contribution in [-0.2, 0) is 19.5 Å². The maximum absolute atomic E-state index is 12.4. The van der Waals surface area contributed by atoms with Crippen molar-refractivity contribution in [2.45, 2.75) is 11.3 Å². The predicted molar refractivity (Wildman–Crippen MR) is 78.5 cm³/mol. The second-order valence-electron chi connectivity index (χ2n) is 4.42. The van der Waals surface area contributed by atoms with E-state index >= 15 is 0 Å². The Labute approximate surface area is 124 Å². The van der Waals surface area contributed by atoms with Crippen LogP contribution in [-0.4, -0.2) is 53.1 Å². The summed E-state index contributed by atoms with van der Waals surface area (Å²) in [4.78, 5) is 11.4. The minimum absolute atomic E-state index is 0.0106. The Morgan fingerprint density at radius 3 is 2.52 bits per heavy atom. The van der Waals surface area contributed by atoms with E-state index in [0.29, 0.717) is 19.6 Å². The van der Waals surface area contributed by atoms with Gasteiger partial charge in [0.1, 0.15) is 4.90 Å². The van der Waals surface area contributed by atoms with Gasteiger partial charge in [-0.25, -0.2) is 17.5 Å². The molecule has 0 heterocycles. The molecule has 1 rings (SSSR count). The van der Waals surface area contributed by atoms with E-state index in [1.54, 1.807) is 7.11 Å². The zero-order valence-electron chi connectivity index (χ0n) is 12.3.